The zero-order valence-electron chi connectivity index (χ0n) is 11.3. The summed E-state index contributed by atoms with van der Waals surface area (Å²) in [5.41, 5.74) is 0.361. The van der Waals surface area contributed by atoms with E-state index < -0.39 is 12.1 Å². The number of aldehydes is 1. The van der Waals surface area contributed by atoms with E-state index in [1.807, 2.05) is 6.92 Å². The number of carbonyl (C=O) groups is 2. The molecule has 0 N–H and O–H groups in total. The van der Waals surface area contributed by atoms with Crippen LogP contribution in [0.2, 0.25) is 0 Å². The van der Waals surface area contributed by atoms with Crippen LogP contribution in [0.4, 0.5) is 0 Å². The molecule has 0 saturated heterocycles. The number of benzene rings is 1. The van der Waals surface area contributed by atoms with E-state index in [0.717, 1.165) is 6.42 Å². The molecular weight excluding hydrogens is 248 g/mol. The molecule has 0 spiro atoms. The van der Waals surface area contributed by atoms with Crippen molar-refractivity contribution >= 4 is 12.3 Å². The predicted molar refractivity (Wildman–Crippen MR) is 69.7 cm³/mol. The molecule has 0 aliphatic rings. The van der Waals surface area contributed by atoms with Gasteiger partial charge in [0.1, 0.15) is 11.5 Å². The molecule has 5 heteroatoms. The third-order valence-corrected chi connectivity index (χ3v) is 2.42. The van der Waals surface area contributed by atoms with Gasteiger partial charge in [-0.1, -0.05) is 6.92 Å². The summed E-state index contributed by atoms with van der Waals surface area (Å²) in [5, 5.41) is 0. The maximum absolute atomic E-state index is 11.3. The van der Waals surface area contributed by atoms with Crippen molar-refractivity contribution in [3.8, 4) is 11.5 Å². The SMILES string of the molecule is CCCOc1ccc(C=O)c(OC(C)C(=O)OC)c1. The second-order valence-electron chi connectivity index (χ2n) is 3.95. The van der Waals surface area contributed by atoms with Gasteiger partial charge in [0.05, 0.1) is 19.3 Å². The molecule has 0 amide bonds. The number of carbonyl (C=O) groups excluding carboxylic acids is 2. The van der Waals surface area contributed by atoms with Gasteiger partial charge >= 0.3 is 5.97 Å². The van der Waals surface area contributed by atoms with Crippen molar-refractivity contribution < 1.29 is 23.8 Å². The lowest BCUT2D eigenvalue weighted by molar-refractivity contribution is -0.147. The second kappa shape index (κ2) is 7.41. The van der Waals surface area contributed by atoms with Crippen LogP contribution in [-0.2, 0) is 9.53 Å². The van der Waals surface area contributed by atoms with E-state index in [1.165, 1.54) is 7.11 Å². The normalized spacial score (nSPS) is 11.5. The van der Waals surface area contributed by atoms with E-state index in [4.69, 9.17) is 9.47 Å². The van der Waals surface area contributed by atoms with Gasteiger partial charge in [0.2, 0.25) is 0 Å². The molecule has 0 aliphatic carbocycles. The first kappa shape index (κ1) is 15.0. The molecule has 1 aromatic carbocycles. The van der Waals surface area contributed by atoms with Gasteiger partial charge in [0, 0.05) is 6.07 Å². The van der Waals surface area contributed by atoms with E-state index >= 15 is 0 Å². The minimum atomic E-state index is -0.787. The Morgan fingerprint density at radius 3 is 2.74 bits per heavy atom. The number of rotatable bonds is 7. The standard InChI is InChI=1S/C14H18O5/c1-4-7-18-12-6-5-11(9-15)13(8-12)19-10(2)14(16)17-3/h5-6,8-10H,4,7H2,1-3H3. The lowest BCUT2D eigenvalue weighted by Gasteiger charge is -2.15. The fourth-order valence-electron chi connectivity index (χ4n) is 1.43. The average molecular weight is 266 g/mol. The summed E-state index contributed by atoms with van der Waals surface area (Å²) in [6.45, 7) is 4.13. The molecule has 1 aromatic rings. The Labute approximate surface area is 112 Å². The third kappa shape index (κ3) is 4.28. The molecular formula is C14H18O5. The van der Waals surface area contributed by atoms with E-state index in [2.05, 4.69) is 4.74 Å². The van der Waals surface area contributed by atoms with Crippen LogP contribution >= 0.6 is 0 Å². The van der Waals surface area contributed by atoms with Gasteiger partial charge in [0.25, 0.3) is 0 Å². The highest BCUT2D eigenvalue weighted by molar-refractivity contribution is 5.80. The van der Waals surface area contributed by atoms with Crippen LogP contribution in [0.3, 0.4) is 0 Å². The number of methoxy groups -OCH3 is 1. The molecule has 0 bridgehead atoms. The molecule has 1 rings (SSSR count). The maximum Gasteiger partial charge on any atom is 0.346 e. The zero-order valence-corrected chi connectivity index (χ0v) is 11.3. The van der Waals surface area contributed by atoms with Crippen LogP contribution in [0.5, 0.6) is 11.5 Å². The van der Waals surface area contributed by atoms with Crippen molar-refractivity contribution in [3.05, 3.63) is 23.8 Å². The van der Waals surface area contributed by atoms with Crippen molar-refractivity contribution in [2.45, 2.75) is 26.4 Å². The number of hydrogen-bond donors (Lipinski definition) is 0. The molecule has 0 aromatic heterocycles. The molecule has 0 radical (unpaired) electrons. The minimum absolute atomic E-state index is 0.307. The van der Waals surface area contributed by atoms with Crippen molar-refractivity contribution in [2.24, 2.45) is 0 Å². The van der Waals surface area contributed by atoms with Gasteiger partial charge < -0.3 is 14.2 Å². The summed E-state index contributed by atoms with van der Waals surface area (Å²) < 4.78 is 15.4. The smallest absolute Gasteiger partial charge is 0.346 e. The molecule has 0 fully saturated rings. The van der Waals surface area contributed by atoms with Gasteiger partial charge in [-0.25, -0.2) is 4.79 Å². The Bertz CT molecular complexity index is 441. The van der Waals surface area contributed by atoms with Crippen LogP contribution < -0.4 is 9.47 Å². The molecule has 1 unspecified atom stereocenters. The molecule has 1 atom stereocenters. The van der Waals surface area contributed by atoms with Crippen LogP contribution in [0.25, 0.3) is 0 Å². The van der Waals surface area contributed by atoms with Crippen LogP contribution in [-0.4, -0.2) is 32.1 Å². The highest BCUT2D eigenvalue weighted by Crippen LogP contribution is 2.25. The summed E-state index contributed by atoms with van der Waals surface area (Å²) in [7, 11) is 1.28. The van der Waals surface area contributed by atoms with Crippen molar-refractivity contribution in [1.82, 2.24) is 0 Å². The lowest BCUT2D eigenvalue weighted by Crippen LogP contribution is -2.25. The van der Waals surface area contributed by atoms with Crippen molar-refractivity contribution in [3.63, 3.8) is 0 Å². The Kier molecular flexibility index (Phi) is 5.85. The highest BCUT2D eigenvalue weighted by atomic mass is 16.6. The Balaban J connectivity index is 2.89. The zero-order chi connectivity index (χ0) is 14.3. The number of hydrogen-bond acceptors (Lipinski definition) is 5. The van der Waals surface area contributed by atoms with Gasteiger partial charge in [-0.3, -0.25) is 4.79 Å². The number of ether oxygens (including phenoxy) is 3. The van der Waals surface area contributed by atoms with E-state index in [-0.39, 0.29) is 0 Å². The topological polar surface area (TPSA) is 61.8 Å². The van der Waals surface area contributed by atoms with E-state index in [9.17, 15) is 9.59 Å². The van der Waals surface area contributed by atoms with Crippen LogP contribution in [0, 0.1) is 0 Å². The Morgan fingerprint density at radius 1 is 1.42 bits per heavy atom. The molecule has 0 heterocycles. The summed E-state index contributed by atoms with van der Waals surface area (Å²) >= 11 is 0. The maximum atomic E-state index is 11.3. The molecule has 19 heavy (non-hydrogen) atoms. The first-order valence-electron chi connectivity index (χ1n) is 6.08. The summed E-state index contributed by atoms with van der Waals surface area (Å²) in [4.78, 5) is 22.2. The highest BCUT2D eigenvalue weighted by Gasteiger charge is 2.17. The first-order valence-corrected chi connectivity index (χ1v) is 6.08. The van der Waals surface area contributed by atoms with Crippen molar-refractivity contribution in [1.29, 1.82) is 0 Å². The molecule has 0 saturated carbocycles. The Morgan fingerprint density at radius 2 is 2.16 bits per heavy atom. The minimum Gasteiger partial charge on any atom is -0.493 e. The van der Waals surface area contributed by atoms with E-state index in [0.29, 0.717) is 30.0 Å². The number of esters is 1. The van der Waals surface area contributed by atoms with Gasteiger partial charge in [0.15, 0.2) is 12.4 Å². The summed E-state index contributed by atoms with van der Waals surface area (Å²) in [5.74, 6) is 0.401. The van der Waals surface area contributed by atoms with Crippen molar-refractivity contribution in [2.75, 3.05) is 13.7 Å². The monoisotopic (exact) mass is 266 g/mol. The van der Waals surface area contributed by atoms with E-state index in [1.54, 1.807) is 25.1 Å². The molecule has 5 nitrogen and oxygen atoms in total. The third-order valence-electron chi connectivity index (χ3n) is 2.42. The van der Waals surface area contributed by atoms with Gasteiger partial charge in [-0.15, -0.1) is 0 Å². The fourth-order valence-corrected chi connectivity index (χ4v) is 1.43. The van der Waals surface area contributed by atoms with Gasteiger partial charge in [-0.2, -0.15) is 0 Å². The van der Waals surface area contributed by atoms with Crippen LogP contribution in [0.1, 0.15) is 30.6 Å². The molecule has 0 aliphatic heterocycles. The Hall–Kier alpha value is -2.04. The lowest BCUT2D eigenvalue weighted by atomic mass is 10.2. The quantitative estimate of drug-likeness (QED) is 0.559. The largest absolute Gasteiger partial charge is 0.493 e. The average Bonchev–Trinajstić information content (AvgIpc) is 2.44. The first-order chi connectivity index (χ1) is 9.12. The fraction of sp³-hybridized carbons (Fsp3) is 0.429. The second-order valence-corrected chi connectivity index (χ2v) is 3.95. The summed E-state index contributed by atoms with van der Waals surface area (Å²) in [6, 6.07) is 4.88. The summed E-state index contributed by atoms with van der Waals surface area (Å²) in [6.07, 6.45) is 0.762. The van der Waals surface area contributed by atoms with Gasteiger partial charge in [-0.05, 0) is 25.5 Å². The van der Waals surface area contributed by atoms with Crippen LogP contribution in [0.15, 0.2) is 18.2 Å². The predicted octanol–water partition coefficient (Wildman–Crippen LogP) is 2.23. The molecule has 104 valence electrons.